The van der Waals surface area contributed by atoms with Crippen LogP contribution in [-0.2, 0) is 23.9 Å². The lowest BCUT2D eigenvalue weighted by Crippen LogP contribution is -2.45. The van der Waals surface area contributed by atoms with Crippen LogP contribution in [0, 0.1) is 0 Å². The number of likely N-dealkylation sites (N-methyl/N-ethyl adjacent to an activating group) is 1. The Morgan fingerprint density at radius 2 is 1.41 bits per heavy atom. The summed E-state index contributed by atoms with van der Waals surface area (Å²) in [4.78, 5) is 36.0. The monoisotopic (exact) mass is 445 g/mol. The van der Waals surface area contributed by atoms with E-state index in [1.165, 1.54) is 0 Å². The van der Waals surface area contributed by atoms with Crippen LogP contribution in [-0.4, -0.2) is 70.7 Å². The molecule has 0 aliphatic carbocycles. The lowest BCUT2D eigenvalue weighted by Gasteiger charge is -2.28. The molecule has 2 aromatic rings. The Hall–Kier alpha value is -3.27. The first-order valence-electron chi connectivity index (χ1n) is 9.87. The van der Waals surface area contributed by atoms with Gasteiger partial charge in [0.25, 0.3) is 0 Å². The van der Waals surface area contributed by atoms with Gasteiger partial charge >= 0.3 is 17.9 Å². The largest absolute Gasteiger partial charge is 0.481 e. The molecule has 0 aliphatic rings. The molecule has 2 aromatic carbocycles. The van der Waals surface area contributed by atoms with Gasteiger partial charge in [-0.15, -0.1) is 0 Å². The van der Waals surface area contributed by atoms with Crippen LogP contribution in [0.1, 0.15) is 30.1 Å². The fraction of sp³-hybridized carbons (Fsp3) is 0.348. The van der Waals surface area contributed by atoms with Crippen LogP contribution >= 0.6 is 0 Å². The van der Waals surface area contributed by atoms with Crippen LogP contribution < -0.4 is 0 Å². The van der Waals surface area contributed by atoms with E-state index in [-0.39, 0.29) is 6.61 Å². The molecule has 0 bridgehead atoms. The molecule has 0 aliphatic heterocycles. The molecule has 0 aromatic heterocycles. The summed E-state index contributed by atoms with van der Waals surface area (Å²) in [5.41, 5.74) is -0.981. The first-order chi connectivity index (χ1) is 15.1. The van der Waals surface area contributed by atoms with Gasteiger partial charge in [-0.3, -0.25) is 14.5 Å². The number of carbonyl (C=O) groups is 3. The zero-order valence-corrected chi connectivity index (χ0v) is 17.9. The van der Waals surface area contributed by atoms with Crippen LogP contribution in [0.3, 0.4) is 0 Å². The Balaban J connectivity index is 2.12. The van der Waals surface area contributed by atoms with Crippen molar-refractivity contribution in [2.24, 2.45) is 0 Å². The molecule has 0 heterocycles. The second-order valence-corrected chi connectivity index (χ2v) is 7.53. The van der Waals surface area contributed by atoms with Gasteiger partial charge in [0.05, 0.1) is 19.4 Å². The van der Waals surface area contributed by atoms with Gasteiger partial charge in [-0.25, -0.2) is 4.79 Å². The van der Waals surface area contributed by atoms with Crippen LogP contribution in [0.5, 0.6) is 0 Å². The molecule has 2 rings (SSSR count). The summed E-state index contributed by atoms with van der Waals surface area (Å²) in [6.07, 6.45) is -3.49. The topological polar surface area (TPSA) is 134 Å². The molecule has 0 amide bonds. The molecule has 172 valence electrons. The summed E-state index contributed by atoms with van der Waals surface area (Å²) < 4.78 is 11.4. The Morgan fingerprint density at radius 3 is 1.81 bits per heavy atom. The van der Waals surface area contributed by atoms with Crippen molar-refractivity contribution in [1.82, 2.24) is 4.90 Å². The highest BCUT2D eigenvalue weighted by Gasteiger charge is 2.42. The van der Waals surface area contributed by atoms with E-state index < -0.39 is 48.7 Å². The van der Waals surface area contributed by atoms with Gasteiger partial charge in [0.15, 0.2) is 11.8 Å². The Morgan fingerprint density at radius 1 is 0.906 bits per heavy atom. The molecular weight excluding hydrogens is 418 g/mol. The number of ether oxygens (including phenoxy) is 2. The quantitative estimate of drug-likeness (QED) is 0.331. The predicted octanol–water partition coefficient (Wildman–Crippen LogP) is 1.90. The highest BCUT2D eigenvalue weighted by Crippen LogP contribution is 2.26. The molecule has 9 nitrogen and oxygen atoms in total. The van der Waals surface area contributed by atoms with Crippen molar-refractivity contribution in [1.29, 1.82) is 0 Å². The van der Waals surface area contributed by atoms with Gasteiger partial charge in [0.1, 0.15) is 6.10 Å². The van der Waals surface area contributed by atoms with Gasteiger partial charge in [-0.2, -0.15) is 0 Å². The number of carboxylic acids is 2. The summed E-state index contributed by atoms with van der Waals surface area (Å²) >= 11 is 0. The van der Waals surface area contributed by atoms with E-state index in [1.54, 1.807) is 19.0 Å². The molecule has 2 unspecified atom stereocenters. The normalized spacial score (nSPS) is 14.0. The van der Waals surface area contributed by atoms with Gasteiger partial charge in [-0.05, 0) is 25.2 Å². The van der Waals surface area contributed by atoms with Crippen molar-refractivity contribution in [3.63, 3.8) is 0 Å². The van der Waals surface area contributed by atoms with E-state index in [4.69, 9.17) is 19.7 Å². The fourth-order valence-electron chi connectivity index (χ4n) is 3.00. The van der Waals surface area contributed by atoms with Crippen molar-refractivity contribution < 1.29 is 39.2 Å². The number of carbonyl (C=O) groups excluding carboxylic acids is 1. The lowest BCUT2D eigenvalue weighted by molar-refractivity contribution is -0.179. The first-order valence-corrected chi connectivity index (χ1v) is 9.87. The minimum Gasteiger partial charge on any atom is -0.481 e. The fourth-order valence-corrected chi connectivity index (χ4v) is 3.00. The van der Waals surface area contributed by atoms with Crippen LogP contribution in [0.15, 0.2) is 60.7 Å². The maximum atomic E-state index is 12.3. The van der Waals surface area contributed by atoms with E-state index >= 15 is 0 Å². The van der Waals surface area contributed by atoms with Gasteiger partial charge < -0.3 is 24.8 Å². The number of aliphatic carboxylic acids is 2. The molecule has 0 fully saturated rings. The minimum atomic E-state index is -2.77. The molecule has 0 spiro atoms. The average molecular weight is 445 g/mol. The summed E-state index contributed by atoms with van der Waals surface area (Å²) in [7, 11) is 3.28. The second kappa shape index (κ2) is 11.4. The summed E-state index contributed by atoms with van der Waals surface area (Å²) in [6, 6.07) is 18.9. The van der Waals surface area contributed by atoms with Crippen molar-refractivity contribution in [2.75, 3.05) is 20.7 Å². The lowest BCUT2D eigenvalue weighted by atomic mass is 9.96. The third-order valence-electron chi connectivity index (χ3n) is 4.73. The third kappa shape index (κ3) is 7.16. The average Bonchev–Trinajstić information content (AvgIpc) is 2.73. The van der Waals surface area contributed by atoms with Crippen molar-refractivity contribution >= 4 is 17.9 Å². The highest BCUT2D eigenvalue weighted by atomic mass is 16.6. The van der Waals surface area contributed by atoms with E-state index in [0.29, 0.717) is 0 Å². The summed E-state index contributed by atoms with van der Waals surface area (Å²) in [5.74, 6) is -4.43. The minimum absolute atomic E-state index is 0.0579. The maximum absolute atomic E-state index is 12.3. The third-order valence-corrected chi connectivity index (χ3v) is 4.73. The number of nitrogens with zero attached hydrogens (tertiary/aromatic N) is 1. The number of hydrogen-bond acceptors (Lipinski definition) is 7. The Kier molecular flexibility index (Phi) is 8.89. The number of hydrogen-bond donors (Lipinski definition) is 3. The van der Waals surface area contributed by atoms with Gasteiger partial charge in [0, 0.05) is 0 Å². The van der Waals surface area contributed by atoms with E-state index in [9.17, 15) is 19.5 Å². The number of benzene rings is 2. The number of aliphatic hydroxyl groups is 1. The highest BCUT2D eigenvalue weighted by molar-refractivity contribution is 5.88. The maximum Gasteiger partial charge on any atom is 0.336 e. The van der Waals surface area contributed by atoms with Crippen molar-refractivity contribution in [3.05, 3.63) is 71.8 Å². The molecule has 0 radical (unpaired) electrons. The Labute approximate surface area is 185 Å². The molecule has 2 atom stereocenters. The standard InChI is InChI=1S/C23H27NO8/c1-24(2)18(32-20(27)14-23(30,22(28)29)13-19(25)26)15-31-21(16-9-5-3-6-10-16)17-11-7-4-8-12-17/h3-12,18,21,30H,13-15H2,1-2H3,(H,25,26)(H,28,29). The summed E-state index contributed by atoms with van der Waals surface area (Å²) in [6.45, 7) is -0.0579. The van der Waals surface area contributed by atoms with Crippen molar-refractivity contribution in [2.45, 2.75) is 30.8 Å². The molecule has 32 heavy (non-hydrogen) atoms. The number of carboxylic acid groups (broad SMARTS) is 2. The number of esters is 1. The molecular formula is C23H27NO8. The SMILES string of the molecule is CN(C)C(COC(c1ccccc1)c1ccccc1)OC(=O)CC(O)(CC(=O)O)C(=O)O. The predicted molar refractivity (Wildman–Crippen MR) is 114 cm³/mol. The van der Waals surface area contributed by atoms with E-state index in [1.807, 2.05) is 60.7 Å². The van der Waals surface area contributed by atoms with Crippen LogP contribution in [0.25, 0.3) is 0 Å². The zero-order chi connectivity index (χ0) is 23.7. The van der Waals surface area contributed by atoms with Crippen molar-refractivity contribution in [3.8, 4) is 0 Å². The molecule has 9 heteroatoms. The summed E-state index contributed by atoms with van der Waals surface area (Å²) in [5, 5.41) is 28.1. The number of rotatable bonds is 12. The van der Waals surface area contributed by atoms with E-state index in [2.05, 4.69) is 0 Å². The first kappa shape index (κ1) is 25.0. The smallest absolute Gasteiger partial charge is 0.336 e. The van der Waals surface area contributed by atoms with Crippen LogP contribution in [0.2, 0.25) is 0 Å². The van der Waals surface area contributed by atoms with Crippen LogP contribution in [0.4, 0.5) is 0 Å². The van der Waals surface area contributed by atoms with Gasteiger partial charge in [-0.1, -0.05) is 60.7 Å². The second-order valence-electron chi connectivity index (χ2n) is 7.53. The molecule has 0 saturated carbocycles. The Bertz CT molecular complexity index is 863. The van der Waals surface area contributed by atoms with Gasteiger partial charge in [0.2, 0.25) is 0 Å². The molecule has 0 saturated heterocycles. The molecule has 3 N–H and O–H groups in total. The van der Waals surface area contributed by atoms with E-state index in [0.717, 1.165) is 11.1 Å². The zero-order valence-electron chi connectivity index (χ0n) is 17.9.